The topological polar surface area (TPSA) is 54.9 Å². The van der Waals surface area contributed by atoms with Crippen LogP contribution in [-0.2, 0) is 4.79 Å². The molecule has 1 aromatic heterocycles. The molecule has 0 radical (unpaired) electrons. The Morgan fingerprint density at radius 3 is 3.25 bits per heavy atom. The van der Waals surface area contributed by atoms with E-state index in [2.05, 4.69) is 21.5 Å². The van der Waals surface area contributed by atoms with Gasteiger partial charge in [-0.2, -0.15) is 0 Å². The number of carbonyl (C=O) groups is 1. The summed E-state index contributed by atoms with van der Waals surface area (Å²) in [5, 5.41) is 6.20. The molecule has 1 N–H and O–H groups in total. The summed E-state index contributed by atoms with van der Waals surface area (Å²) in [6.07, 6.45) is 2.38. The van der Waals surface area contributed by atoms with Gasteiger partial charge in [-0.1, -0.05) is 10.6 Å². The summed E-state index contributed by atoms with van der Waals surface area (Å²) in [7, 11) is 0. The molecule has 0 atom stereocenters. The molecular weight excluding hydrogens is 194 g/mol. The Hall–Kier alpha value is -0.880. The first-order chi connectivity index (χ1) is 5.88. The van der Waals surface area contributed by atoms with Crippen LogP contribution in [-0.4, -0.2) is 21.7 Å². The standard InChI is InChI=1S/C6H7N3OS2/c1-2-3-11-6-5(7-4-10)8-9-12-6/h2,4H,1,3H2,(H,7,10). The second-order valence-electron chi connectivity index (χ2n) is 1.77. The Labute approximate surface area is 78.2 Å². The predicted molar refractivity (Wildman–Crippen MR) is 50.5 cm³/mol. The summed E-state index contributed by atoms with van der Waals surface area (Å²) in [5.41, 5.74) is 0. The number of amides is 1. The van der Waals surface area contributed by atoms with Gasteiger partial charge in [-0.05, 0) is 11.5 Å². The summed E-state index contributed by atoms with van der Waals surface area (Å²) in [6.45, 7) is 3.59. The zero-order chi connectivity index (χ0) is 8.81. The molecule has 4 nitrogen and oxygen atoms in total. The maximum atomic E-state index is 10.1. The quantitative estimate of drug-likeness (QED) is 0.444. The molecule has 0 spiro atoms. The molecule has 1 amide bonds. The molecule has 12 heavy (non-hydrogen) atoms. The molecule has 0 aliphatic rings. The van der Waals surface area contributed by atoms with Crippen molar-refractivity contribution in [1.29, 1.82) is 0 Å². The van der Waals surface area contributed by atoms with Crippen LogP contribution in [0.15, 0.2) is 16.9 Å². The summed E-state index contributed by atoms with van der Waals surface area (Å²) in [5.74, 6) is 1.32. The van der Waals surface area contributed by atoms with Crippen LogP contribution in [0, 0.1) is 0 Å². The zero-order valence-corrected chi connectivity index (χ0v) is 7.82. The number of nitrogens with one attached hydrogen (secondary N) is 1. The lowest BCUT2D eigenvalue weighted by molar-refractivity contribution is -0.105. The minimum Gasteiger partial charge on any atom is -0.310 e. The molecular formula is C6H7N3OS2. The van der Waals surface area contributed by atoms with E-state index in [-0.39, 0.29) is 0 Å². The third-order valence-electron chi connectivity index (χ3n) is 0.986. The predicted octanol–water partition coefficient (Wildman–Crippen LogP) is 1.38. The van der Waals surface area contributed by atoms with Crippen molar-refractivity contribution in [1.82, 2.24) is 9.59 Å². The Bertz CT molecular complexity index is 274. The molecule has 0 unspecified atom stereocenters. The van der Waals surface area contributed by atoms with Gasteiger partial charge in [-0.3, -0.25) is 4.79 Å². The van der Waals surface area contributed by atoms with E-state index in [1.54, 1.807) is 17.8 Å². The van der Waals surface area contributed by atoms with Crippen LogP contribution >= 0.6 is 23.3 Å². The summed E-state index contributed by atoms with van der Waals surface area (Å²) >= 11 is 2.81. The monoisotopic (exact) mass is 201 g/mol. The van der Waals surface area contributed by atoms with Gasteiger partial charge < -0.3 is 5.32 Å². The number of rotatable bonds is 5. The Balaban J connectivity index is 2.62. The molecule has 0 bridgehead atoms. The third-order valence-corrected chi connectivity index (χ3v) is 2.94. The summed E-state index contributed by atoms with van der Waals surface area (Å²) in [6, 6.07) is 0. The second-order valence-corrected chi connectivity index (χ2v) is 3.81. The van der Waals surface area contributed by atoms with Crippen molar-refractivity contribution in [3.63, 3.8) is 0 Å². The first-order valence-corrected chi connectivity index (χ1v) is 4.90. The van der Waals surface area contributed by atoms with Crippen molar-refractivity contribution in [2.45, 2.75) is 4.21 Å². The minimum absolute atomic E-state index is 0.529. The van der Waals surface area contributed by atoms with Gasteiger partial charge in [-0.15, -0.1) is 23.4 Å². The van der Waals surface area contributed by atoms with E-state index in [9.17, 15) is 4.79 Å². The van der Waals surface area contributed by atoms with Crippen LogP contribution in [0.25, 0.3) is 0 Å². The molecule has 1 rings (SSSR count). The number of carbonyl (C=O) groups excluding carboxylic acids is 1. The minimum atomic E-state index is 0.529. The highest BCUT2D eigenvalue weighted by molar-refractivity contribution is 8.01. The van der Waals surface area contributed by atoms with E-state index >= 15 is 0 Å². The number of thioether (sulfide) groups is 1. The van der Waals surface area contributed by atoms with Gasteiger partial charge >= 0.3 is 0 Å². The molecule has 0 fully saturated rings. The fraction of sp³-hybridized carbons (Fsp3) is 0.167. The summed E-state index contributed by atoms with van der Waals surface area (Å²) < 4.78 is 4.61. The van der Waals surface area contributed by atoms with Crippen LogP contribution in [0.3, 0.4) is 0 Å². The molecule has 1 heterocycles. The first kappa shape index (κ1) is 9.21. The molecule has 0 aromatic carbocycles. The molecule has 1 aromatic rings. The lowest BCUT2D eigenvalue weighted by Crippen LogP contribution is -1.94. The maximum Gasteiger partial charge on any atom is 0.212 e. The van der Waals surface area contributed by atoms with Crippen molar-refractivity contribution >= 4 is 35.5 Å². The van der Waals surface area contributed by atoms with Crippen molar-refractivity contribution < 1.29 is 4.79 Å². The van der Waals surface area contributed by atoms with Gasteiger partial charge in [0.15, 0.2) is 5.82 Å². The summed E-state index contributed by atoms with van der Waals surface area (Å²) in [4.78, 5) is 10.1. The first-order valence-electron chi connectivity index (χ1n) is 3.14. The third kappa shape index (κ3) is 2.31. The number of nitrogens with zero attached hydrogens (tertiary/aromatic N) is 2. The fourth-order valence-electron chi connectivity index (χ4n) is 0.555. The van der Waals surface area contributed by atoms with E-state index in [0.717, 1.165) is 9.96 Å². The van der Waals surface area contributed by atoms with Crippen LogP contribution in [0.4, 0.5) is 5.82 Å². The van der Waals surface area contributed by atoms with Crippen LogP contribution in [0.5, 0.6) is 0 Å². The second kappa shape index (κ2) is 4.89. The van der Waals surface area contributed by atoms with Gasteiger partial charge in [0, 0.05) is 5.75 Å². The van der Waals surface area contributed by atoms with Crippen molar-refractivity contribution in [3.05, 3.63) is 12.7 Å². The van der Waals surface area contributed by atoms with E-state index in [4.69, 9.17) is 0 Å². The average molecular weight is 201 g/mol. The molecule has 64 valence electrons. The molecule has 0 aliphatic heterocycles. The molecule has 0 saturated carbocycles. The highest BCUT2D eigenvalue weighted by atomic mass is 32.2. The lowest BCUT2D eigenvalue weighted by Gasteiger charge is -1.94. The fourth-order valence-corrected chi connectivity index (χ4v) is 1.96. The smallest absolute Gasteiger partial charge is 0.212 e. The molecule has 6 heteroatoms. The number of aromatic nitrogens is 2. The van der Waals surface area contributed by atoms with Gasteiger partial charge in [0.05, 0.1) is 0 Å². The van der Waals surface area contributed by atoms with Crippen molar-refractivity contribution in [2.75, 3.05) is 11.1 Å². The van der Waals surface area contributed by atoms with Crippen LogP contribution < -0.4 is 5.32 Å². The van der Waals surface area contributed by atoms with E-state index < -0.39 is 0 Å². The largest absolute Gasteiger partial charge is 0.310 e. The average Bonchev–Trinajstić information content (AvgIpc) is 2.50. The van der Waals surface area contributed by atoms with Crippen LogP contribution in [0.2, 0.25) is 0 Å². The van der Waals surface area contributed by atoms with Crippen molar-refractivity contribution in [3.8, 4) is 0 Å². The SMILES string of the molecule is C=CCSc1snnc1NC=O. The number of hydrogen-bond acceptors (Lipinski definition) is 5. The molecule has 0 saturated heterocycles. The van der Waals surface area contributed by atoms with Gasteiger partial charge in [0.1, 0.15) is 4.21 Å². The maximum absolute atomic E-state index is 10.1. The zero-order valence-electron chi connectivity index (χ0n) is 6.19. The van der Waals surface area contributed by atoms with Gasteiger partial charge in [-0.25, -0.2) is 0 Å². The lowest BCUT2D eigenvalue weighted by atomic mass is 10.8. The Morgan fingerprint density at radius 2 is 2.58 bits per heavy atom. The Kier molecular flexibility index (Phi) is 3.75. The van der Waals surface area contributed by atoms with Crippen LogP contribution in [0.1, 0.15) is 0 Å². The molecule has 0 aliphatic carbocycles. The van der Waals surface area contributed by atoms with E-state index in [1.165, 1.54) is 11.5 Å². The number of anilines is 1. The van der Waals surface area contributed by atoms with Gasteiger partial charge in [0.25, 0.3) is 0 Å². The van der Waals surface area contributed by atoms with E-state index in [1.807, 2.05) is 0 Å². The highest BCUT2D eigenvalue weighted by Gasteiger charge is 2.05. The van der Waals surface area contributed by atoms with Gasteiger partial charge in [0.2, 0.25) is 6.41 Å². The normalized spacial score (nSPS) is 9.33. The number of hydrogen-bond donors (Lipinski definition) is 1. The Morgan fingerprint density at radius 1 is 1.75 bits per heavy atom. The van der Waals surface area contributed by atoms with Crippen molar-refractivity contribution in [2.24, 2.45) is 0 Å². The van der Waals surface area contributed by atoms with E-state index in [0.29, 0.717) is 12.2 Å². The highest BCUT2D eigenvalue weighted by Crippen LogP contribution is 2.28.